The Kier molecular flexibility index (Phi) is 1.68. The van der Waals surface area contributed by atoms with E-state index in [4.69, 9.17) is 4.84 Å². The summed E-state index contributed by atoms with van der Waals surface area (Å²) in [5.41, 5.74) is 1.02. The summed E-state index contributed by atoms with van der Waals surface area (Å²) < 4.78 is 11.0. The van der Waals surface area contributed by atoms with E-state index < -0.39 is 7.95 Å². The maximum atomic E-state index is 11.0. The molecular weight excluding hydrogens is 161 g/mol. The first-order valence-corrected chi connectivity index (χ1v) is 5.01. The molecule has 58 valence electrons. The van der Waals surface area contributed by atoms with Gasteiger partial charge in [-0.25, -0.2) is 0 Å². The normalized spacial score (nSPS) is 22.0. The first kappa shape index (κ1) is 6.89. The van der Waals surface area contributed by atoms with Crippen LogP contribution in [0, 0.1) is 0 Å². The number of nitrogens with one attached hydrogen (secondary N) is 1. The molecule has 1 aromatic rings. The third-order valence-corrected chi connectivity index (χ3v) is 2.63. The van der Waals surface area contributed by atoms with E-state index in [1.54, 1.807) is 0 Å². The van der Waals surface area contributed by atoms with Gasteiger partial charge in [0.15, 0.2) is 13.7 Å². The fraction of sp³-hybridized carbons (Fsp3) is 0.143. The minimum atomic E-state index is -1.73. The van der Waals surface area contributed by atoms with E-state index in [9.17, 15) is 4.57 Å². The Morgan fingerprint density at radius 3 is 3.18 bits per heavy atom. The number of rotatable bonds is 0. The lowest BCUT2D eigenvalue weighted by atomic mass is 10.2. The number of fused-ring (bicyclic) bond motifs is 1. The van der Waals surface area contributed by atoms with Gasteiger partial charge in [-0.2, -0.15) is 0 Å². The van der Waals surface area contributed by atoms with Crippen LogP contribution in [0.4, 0.5) is 0 Å². The Bertz CT molecular complexity index is 300. The smallest absolute Gasteiger partial charge is 0.172 e. The Labute approximate surface area is 65.2 Å². The molecule has 1 unspecified atom stereocenters. The van der Waals surface area contributed by atoms with Crippen LogP contribution < -0.4 is 10.1 Å². The second-order valence-electron chi connectivity index (χ2n) is 2.41. The summed E-state index contributed by atoms with van der Waals surface area (Å²) >= 11 is 0. The zero-order valence-corrected chi connectivity index (χ0v) is 6.83. The zero-order valence-electron chi connectivity index (χ0n) is 5.83. The van der Waals surface area contributed by atoms with Crippen molar-refractivity contribution in [2.24, 2.45) is 0 Å². The lowest BCUT2D eigenvalue weighted by Gasteiger charge is -2.16. The summed E-state index contributed by atoms with van der Waals surface area (Å²) in [5, 5.41) is 2.48. The monoisotopic (exact) mass is 169 g/mol. The van der Waals surface area contributed by atoms with Crippen molar-refractivity contribution in [1.82, 2.24) is 5.25 Å². The highest BCUT2D eigenvalue weighted by Crippen LogP contribution is 2.32. The fourth-order valence-corrected chi connectivity index (χ4v) is 2.00. The van der Waals surface area contributed by atoms with Gasteiger partial charge in [0.25, 0.3) is 0 Å². The van der Waals surface area contributed by atoms with Crippen molar-refractivity contribution in [1.29, 1.82) is 0 Å². The van der Waals surface area contributed by atoms with Gasteiger partial charge in [0.2, 0.25) is 0 Å². The van der Waals surface area contributed by atoms with Crippen molar-refractivity contribution in [2.75, 3.05) is 0 Å². The largest absolute Gasteiger partial charge is 0.402 e. The van der Waals surface area contributed by atoms with Gasteiger partial charge in [-0.15, -0.1) is 5.25 Å². The lowest BCUT2D eigenvalue weighted by molar-refractivity contribution is 0.263. The third-order valence-electron chi connectivity index (χ3n) is 1.60. The standard InChI is InChI=1S/C7H8NO2P/c9-11-5-6-3-1-2-4-7(6)10-8-11/h1-4,11H,5H2,(H,8,9). The number of para-hydroxylation sites is 1. The molecule has 1 aliphatic heterocycles. The number of hydrogen-bond acceptors (Lipinski definition) is 2. The molecule has 1 heterocycles. The predicted molar refractivity (Wildman–Crippen MR) is 42.9 cm³/mol. The predicted octanol–water partition coefficient (Wildman–Crippen LogP) is 1.56. The Morgan fingerprint density at radius 1 is 1.45 bits per heavy atom. The summed E-state index contributed by atoms with van der Waals surface area (Å²) in [6, 6.07) is 7.60. The summed E-state index contributed by atoms with van der Waals surface area (Å²) in [5.74, 6) is 0.789. The van der Waals surface area contributed by atoms with E-state index in [0.29, 0.717) is 6.16 Å². The van der Waals surface area contributed by atoms with Crippen LogP contribution in [-0.4, -0.2) is 0 Å². The van der Waals surface area contributed by atoms with Gasteiger partial charge in [-0.05, 0) is 6.07 Å². The SMILES string of the molecule is O=[PH]1Cc2ccccc2ON1. The molecule has 1 atom stereocenters. The van der Waals surface area contributed by atoms with Crippen LogP contribution in [0.15, 0.2) is 24.3 Å². The third kappa shape index (κ3) is 1.30. The molecule has 0 spiro atoms. The van der Waals surface area contributed by atoms with Crippen molar-refractivity contribution in [3.05, 3.63) is 29.8 Å². The van der Waals surface area contributed by atoms with Crippen molar-refractivity contribution in [3.63, 3.8) is 0 Å². The van der Waals surface area contributed by atoms with Gasteiger partial charge >= 0.3 is 0 Å². The molecule has 0 fully saturated rings. The minimum Gasteiger partial charge on any atom is -0.402 e. The van der Waals surface area contributed by atoms with Gasteiger partial charge in [-0.1, -0.05) is 18.2 Å². The van der Waals surface area contributed by atoms with E-state index in [-0.39, 0.29) is 0 Å². The van der Waals surface area contributed by atoms with Gasteiger partial charge < -0.3 is 9.40 Å². The molecule has 0 bridgehead atoms. The molecule has 0 aliphatic carbocycles. The van der Waals surface area contributed by atoms with Crippen LogP contribution in [0.2, 0.25) is 0 Å². The number of benzene rings is 1. The van der Waals surface area contributed by atoms with E-state index in [1.165, 1.54) is 0 Å². The molecule has 0 amide bonds. The Hall–Kier alpha value is -0.790. The zero-order chi connectivity index (χ0) is 7.68. The van der Waals surface area contributed by atoms with Gasteiger partial charge in [0.1, 0.15) is 0 Å². The molecule has 0 saturated carbocycles. The van der Waals surface area contributed by atoms with Gasteiger partial charge in [0.05, 0.1) is 0 Å². The molecular formula is C7H8NO2P. The van der Waals surface area contributed by atoms with Crippen molar-refractivity contribution in [3.8, 4) is 5.75 Å². The molecule has 11 heavy (non-hydrogen) atoms. The van der Waals surface area contributed by atoms with Crippen molar-refractivity contribution < 1.29 is 9.40 Å². The highest BCUT2D eigenvalue weighted by Gasteiger charge is 2.13. The molecule has 1 N–H and O–H groups in total. The van der Waals surface area contributed by atoms with Crippen LogP contribution in [0.1, 0.15) is 5.56 Å². The molecule has 1 aromatic carbocycles. The van der Waals surface area contributed by atoms with E-state index in [1.807, 2.05) is 24.3 Å². The maximum Gasteiger partial charge on any atom is 0.172 e. The maximum absolute atomic E-state index is 11.0. The average Bonchev–Trinajstić information content (AvgIpc) is 2.04. The molecule has 1 aliphatic rings. The molecule has 4 heteroatoms. The quantitative estimate of drug-likeness (QED) is 0.599. The highest BCUT2D eigenvalue weighted by molar-refractivity contribution is 7.41. The van der Waals surface area contributed by atoms with Gasteiger partial charge in [-0.3, -0.25) is 0 Å². The topological polar surface area (TPSA) is 38.3 Å². The van der Waals surface area contributed by atoms with Crippen LogP contribution in [0.5, 0.6) is 5.75 Å². The van der Waals surface area contributed by atoms with Gasteiger partial charge in [0, 0.05) is 11.7 Å². The summed E-state index contributed by atoms with van der Waals surface area (Å²) in [6.07, 6.45) is 0.598. The average molecular weight is 169 g/mol. The molecule has 3 nitrogen and oxygen atoms in total. The second kappa shape index (κ2) is 2.68. The van der Waals surface area contributed by atoms with Crippen molar-refractivity contribution >= 4 is 7.95 Å². The summed E-state index contributed by atoms with van der Waals surface area (Å²) in [4.78, 5) is 5.02. The van der Waals surface area contributed by atoms with Crippen LogP contribution in [0.3, 0.4) is 0 Å². The lowest BCUT2D eigenvalue weighted by Crippen LogP contribution is -2.15. The molecule has 2 rings (SSSR count). The van der Waals surface area contributed by atoms with Crippen molar-refractivity contribution in [2.45, 2.75) is 6.16 Å². The van der Waals surface area contributed by atoms with E-state index in [2.05, 4.69) is 5.25 Å². The van der Waals surface area contributed by atoms with E-state index in [0.717, 1.165) is 11.3 Å². The summed E-state index contributed by atoms with van der Waals surface area (Å²) in [7, 11) is -1.73. The minimum absolute atomic E-state index is 0.598. The van der Waals surface area contributed by atoms with Crippen LogP contribution in [0.25, 0.3) is 0 Å². The van der Waals surface area contributed by atoms with Crippen LogP contribution in [-0.2, 0) is 10.7 Å². The Morgan fingerprint density at radius 2 is 2.27 bits per heavy atom. The van der Waals surface area contributed by atoms with Crippen LogP contribution >= 0.6 is 7.95 Å². The highest BCUT2D eigenvalue weighted by atomic mass is 31.1. The Balaban J connectivity index is 2.41. The molecule has 0 saturated heterocycles. The molecule has 0 radical (unpaired) electrons. The van der Waals surface area contributed by atoms with E-state index >= 15 is 0 Å². The first-order valence-electron chi connectivity index (χ1n) is 3.40. The molecule has 0 aromatic heterocycles. The fourth-order valence-electron chi connectivity index (χ4n) is 1.07. The summed E-state index contributed by atoms with van der Waals surface area (Å²) in [6.45, 7) is 0. The first-order chi connectivity index (χ1) is 5.36. The second-order valence-corrected chi connectivity index (χ2v) is 3.82. The number of hydrogen-bond donors (Lipinski definition) is 1.